The van der Waals surface area contributed by atoms with Crippen molar-refractivity contribution in [1.82, 2.24) is 15.0 Å². The van der Waals surface area contributed by atoms with E-state index < -0.39 is 29.8 Å². The van der Waals surface area contributed by atoms with Gasteiger partial charge < -0.3 is 14.8 Å². The number of nitrogens with zero attached hydrogens (tertiary/aromatic N) is 3. The molecule has 0 fully saturated rings. The van der Waals surface area contributed by atoms with Crippen LogP contribution < -0.4 is 10.1 Å². The minimum absolute atomic E-state index is 0.0524. The lowest BCUT2D eigenvalue weighted by atomic mass is 10.1. The fraction of sp³-hybridized carbons (Fsp3) is 0.238. The van der Waals surface area contributed by atoms with Gasteiger partial charge in [0.25, 0.3) is 0 Å². The fourth-order valence-electron chi connectivity index (χ4n) is 3.24. The smallest absolute Gasteiger partial charge is 0.433 e. The molecule has 32 heavy (non-hydrogen) atoms. The van der Waals surface area contributed by atoms with Gasteiger partial charge in [0.05, 0.1) is 5.56 Å². The molecule has 1 aliphatic rings. The summed E-state index contributed by atoms with van der Waals surface area (Å²) in [6.07, 6.45) is -2.60. The van der Waals surface area contributed by atoms with Crippen molar-refractivity contribution in [2.24, 2.45) is 0 Å². The number of hydrogen-bond donors (Lipinski definition) is 1. The van der Waals surface area contributed by atoms with Gasteiger partial charge >= 0.3 is 12.1 Å². The Kier molecular flexibility index (Phi) is 5.64. The number of benzene rings is 1. The van der Waals surface area contributed by atoms with E-state index in [1.54, 1.807) is 6.92 Å². The molecular formula is C21H16F4N4O3. The molecule has 0 saturated carbocycles. The third-order valence-electron chi connectivity index (χ3n) is 4.74. The monoisotopic (exact) mass is 448 g/mol. The van der Waals surface area contributed by atoms with Crippen molar-refractivity contribution in [3.63, 3.8) is 0 Å². The zero-order valence-electron chi connectivity index (χ0n) is 16.6. The summed E-state index contributed by atoms with van der Waals surface area (Å²) in [7, 11) is 0. The van der Waals surface area contributed by atoms with Gasteiger partial charge in [-0.3, -0.25) is 4.98 Å². The number of halogens is 4. The lowest BCUT2D eigenvalue weighted by molar-refractivity contribution is -0.141. The van der Waals surface area contributed by atoms with Gasteiger partial charge in [-0.05, 0) is 31.0 Å². The van der Waals surface area contributed by atoms with E-state index in [2.05, 4.69) is 20.3 Å². The van der Waals surface area contributed by atoms with E-state index in [0.717, 1.165) is 18.3 Å². The molecule has 0 spiro atoms. The zero-order chi connectivity index (χ0) is 22.9. The van der Waals surface area contributed by atoms with Crippen LogP contribution in [0.5, 0.6) is 11.5 Å². The number of pyridine rings is 1. The molecule has 1 aromatic carbocycles. The number of cyclic esters (lactones) is 1. The average Bonchev–Trinajstić information content (AvgIpc) is 3.04. The Morgan fingerprint density at radius 3 is 2.66 bits per heavy atom. The molecule has 3 heterocycles. The highest BCUT2D eigenvalue weighted by atomic mass is 19.4. The van der Waals surface area contributed by atoms with E-state index in [4.69, 9.17) is 9.47 Å². The number of fused-ring (bicyclic) bond motifs is 1. The maximum atomic E-state index is 14.5. The summed E-state index contributed by atoms with van der Waals surface area (Å²) < 4.78 is 63.2. The van der Waals surface area contributed by atoms with Crippen LogP contribution in [0.1, 0.15) is 40.3 Å². The van der Waals surface area contributed by atoms with Crippen LogP contribution in [0.15, 0.2) is 42.9 Å². The second-order valence-electron chi connectivity index (χ2n) is 6.94. The lowest BCUT2D eigenvalue weighted by Crippen LogP contribution is -2.11. The number of ether oxygens (including phenoxy) is 2. The molecule has 7 nitrogen and oxygen atoms in total. The normalized spacial score (nSPS) is 15.3. The van der Waals surface area contributed by atoms with Gasteiger partial charge in [0.15, 0.2) is 5.69 Å². The molecule has 0 saturated heterocycles. The molecule has 1 atom stereocenters. The molecule has 4 rings (SSSR count). The average molecular weight is 448 g/mol. The first kappa shape index (κ1) is 21.5. The molecule has 0 bridgehead atoms. The van der Waals surface area contributed by atoms with Gasteiger partial charge in [-0.2, -0.15) is 13.2 Å². The van der Waals surface area contributed by atoms with Crippen molar-refractivity contribution in [3.05, 3.63) is 71.2 Å². The van der Waals surface area contributed by atoms with Crippen molar-refractivity contribution in [1.29, 1.82) is 0 Å². The summed E-state index contributed by atoms with van der Waals surface area (Å²) in [5.41, 5.74) is 0.0159. The highest BCUT2D eigenvalue weighted by Crippen LogP contribution is 2.33. The summed E-state index contributed by atoms with van der Waals surface area (Å²) in [5, 5.41) is 3.05. The maximum absolute atomic E-state index is 14.5. The predicted molar refractivity (Wildman–Crippen MR) is 104 cm³/mol. The number of esters is 1. The largest absolute Gasteiger partial charge is 0.457 e. The van der Waals surface area contributed by atoms with Gasteiger partial charge in [0.1, 0.15) is 41.3 Å². The van der Waals surface area contributed by atoms with E-state index >= 15 is 0 Å². The standard InChI is InChI=1S/C21H16F4N4O3/c1-11-17-18(20(30)31-11)28-10-29-19(17)27-6-4-12-2-3-13(8-15(12)22)32-14-5-7-26-16(9-14)21(23,24)25/h2-3,5,7-11H,4,6H2,1H3,(H,27,28,29). The van der Waals surface area contributed by atoms with Gasteiger partial charge in [0, 0.05) is 24.9 Å². The first-order valence-electron chi connectivity index (χ1n) is 9.51. The van der Waals surface area contributed by atoms with Crippen LogP contribution in [-0.4, -0.2) is 27.5 Å². The molecule has 1 unspecified atom stereocenters. The maximum Gasteiger partial charge on any atom is 0.433 e. The second-order valence-corrected chi connectivity index (χ2v) is 6.94. The Labute approximate surface area is 179 Å². The molecule has 1 N–H and O–H groups in total. The Morgan fingerprint density at radius 2 is 1.91 bits per heavy atom. The van der Waals surface area contributed by atoms with Gasteiger partial charge in [-0.1, -0.05) is 6.07 Å². The number of hydrogen-bond acceptors (Lipinski definition) is 7. The molecule has 166 valence electrons. The topological polar surface area (TPSA) is 86.2 Å². The highest BCUT2D eigenvalue weighted by Gasteiger charge is 2.33. The van der Waals surface area contributed by atoms with Crippen LogP contribution in [-0.2, 0) is 17.3 Å². The van der Waals surface area contributed by atoms with Crippen molar-refractivity contribution < 1.29 is 31.8 Å². The van der Waals surface area contributed by atoms with Gasteiger partial charge in [0.2, 0.25) is 0 Å². The number of aromatic nitrogens is 3. The molecule has 1 aliphatic heterocycles. The van der Waals surface area contributed by atoms with Crippen molar-refractivity contribution in [2.75, 3.05) is 11.9 Å². The minimum Gasteiger partial charge on any atom is -0.457 e. The van der Waals surface area contributed by atoms with Crippen molar-refractivity contribution >= 4 is 11.8 Å². The van der Waals surface area contributed by atoms with E-state index in [9.17, 15) is 22.4 Å². The molecule has 0 aliphatic carbocycles. The second kappa shape index (κ2) is 8.40. The summed E-state index contributed by atoms with van der Waals surface area (Å²) in [4.78, 5) is 23.0. The number of nitrogens with one attached hydrogen (secondary N) is 1. The number of anilines is 1. The summed E-state index contributed by atoms with van der Waals surface area (Å²) >= 11 is 0. The van der Waals surface area contributed by atoms with E-state index in [1.807, 2.05) is 0 Å². The van der Waals surface area contributed by atoms with E-state index in [-0.39, 0.29) is 23.6 Å². The number of carbonyl (C=O) groups is 1. The van der Waals surface area contributed by atoms with E-state index in [0.29, 0.717) is 23.5 Å². The molecule has 0 amide bonds. The van der Waals surface area contributed by atoms with Crippen LogP contribution in [0.3, 0.4) is 0 Å². The fourth-order valence-corrected chi connectivity index (χ4v) is 3.24. The quantitative estimate of drug-likeness (QED) is 0.432. The number of rotatable bonds is 6. The molecular weight excluding hydrogens is 432 g/mol. The Bertz CT molecular complexity index is 1170. The molecule has 0 radical (unpaired) electrons. The number of alkyl halides is 3. The Balaban J connectivity index is 1.41. The van der Waals surface area contributed by atoms with Crippen LogP contribution in [0.2, 0.25) is 0 Å². The first-order chi connectivity index (χ1) is 15.2. The zero-order valence-corrected chi connectivity index (χ0v) is 16.6. The lowest BCUT2D eigenvalue weighted by Gasteiger charge is -2.12. The Morgan fingerprint density at radius 1 is 1.12 bits per heavy atom. The summed E-state index contributed by atoms with van der Waals surface area (Å²) in [6, 6.07) is 6.03. The van der Waals surface area contributed by atoms with Crippen LogP contribution >= 0.6 is 0 Å². The predicted octanol–water partition coefficient (Wildman–Crippen LogP) is 4.71. The SMILES string of the molecule is CC1OC(=O)c2ncnc(NCCc3ccc(Oc4ccnc(C(F)(F)F)c4)cc3F)c21. The molecule has 2 aromatic heterocycles. The van der Waals surface area contributed by atoms with Gasteiger partial charge in [-0.15, -0.1) is 0 Å². The third-order valence-corrected chi connectivity index (χ3v) is 4.74. The number of carbonyl (C=O) groups excluding carboxylic acids is 1. The summed E-state index contributed by atoms with van der Waals surface area (Å²) in [6.45, 7) is 2.01. The Hall–Kier alpha value is -3.76. The van der Waals surface area contributed by atoms with Crippen molar-refractivity contribution in [2.45, 2.75) is 25.6 Å². The van der Waals surface area contributed by atoms with Crippen LogP contribution in [0.4, 0.5) is 23.4 Å². The molecule has 3 aromatic rings. The molecule has 11 heteroatoms. The summed E-state index contributed by atoms with van der Waals surface area (Å²) in [5.74, 6) is -0.710. The van der Waals surface area contributed by atoms with Gasteiger partial charge in [-0.25, -0.2) is 19.2 Å². The van der Waals surface area contributed by atoms with E-state index in [1.165, 1.54) is 24.5 Å². The van der Waals surface area contributed by atoms with Crippen LogP contribution in [0, 0.1) is 5.82 Å². The first-order valence-corrected chi connectivity index (χ1v) is 9.51. The highest BCUT2D eigenvalue weighted by molar-refractivity contribution is 5.93. The van der Waals surface area contributed by atoms with Crippen LogP contribution in [0.25, 0.3) is 0 Å². The van der Waals surface area contributed by atoms with Crippen molar-refractivity contribution in [3.8, 4) is 11.5 Å². The minimum atomic E-state index is -4.61. The third kappa shape index (κ3) is 4.46.